The third-order valence-corrected chi connectivity index (χ3v) is 4.01. The number of carbonyl (C=O) groups excluding carboxylic acids is 1. The summed E-state index contributed by atoms with van der Waals surface area (Å²) in [6.07, 6.45) is 0. The molecule has 0 saturated heterocycles. The van der Waals surface area contributed by atoms with Crippen molar-refractivity contribution in [3.63, 3.8) is 0 Å². The molecule has 1 amide bonds. The van der Waals surface area contributed by atoms with Crippen molar-refractivity contribution in [2.75, 3.05) is 23.6 Å². The van der Waals surface area contributed by atoms with E-state index in [-0.39, 0.29) is 19.2 Å². The van der Waals surface area contributed by atoms with Crippen molar-refractivity contribution < 1.29 is 18.8 Å². The summed E-state index contributed by atoms with van der Waals surface area (Å²) in [6.45, 7) is 4.60. The molecular formula is C15H15N3O4. The number of fused-ring (bicyclic) bond motifs is 2. The van der Waals surface area contributed by atoms with E-state index in [1.807, 2.05) is 26.0 Å². The third-order valence-electron chi connectivity index (χ3n) is 4.01. The Labute approximate surface area is 126 Å². The van der Waals surface area contributed by atoms with Crippen LogP contribution >= 0.6 is 0 Å². The van der Waals surface area contributed by atoms with E-state index in [0.717, 1.165) is 28.4 Å². The second kappa shape index (κ2) is 4.66. The van der Waals surface area contributed by atoms with E-state index in [0.29, 0.717) is 18.0 Å². The van der Waals surface area contributed by atoms with Crippen molar-refractivity contribution in [2.24, 2.45) is 0 Å². The van der Waals surface area contributed by atoms with Crippen LogP contribution in [0.2, 0.25) is 0 Å². The number of anilines is 2. The molecule has 0 radical (unpaired) electrons. The zero-order chi connectivity index (χ0) is 15.3. The molecule has 0 unspecified atom stereocenters. The maximum atomic E-state index is 12.3. The maximum absolute atomic E-state index is 12.3. The van der Waals surface area contributed by atoms with Crippen LogP contribution in [0.4, 0.5) is 11.4 Å². The summed E-state index contributed by atoms with van der Waals surface area (Å²) in [5, 5.41) is 7.06. The summed E-state index contributed by atoms with van der Waals surface area (Å²) in [4.78, 5) is 14.1. The van der Waals surface area contributed by atoms with Crippen LogP contribution in [0.25, 0.3) is 0 Å². The van der Waals surface area contributed by atoms with Crippen LogP contribution in [0.3, 0.4) is 0 Å². The predicted molar refractivity (Wildman–Crippen MR) is 78.2 cm³/mol. The minimum absolute atomic E-state index is 0.00800. The number of nitrogens with one attached hydrogen (secondary N) is 1. The van der Waals surface area contributed by atoms with E-state index in [2.05, 4.69) is 10.5 Å². The van der Waals surface area contributed by atoms with Gasteiger partial charge in [0.2, 0.25) is 12.7 Å². The van der Waals surface area contributed by atoms with Gasteiger partial charge in [-0.25, -0.2) is 0 Å². The van der Waals surface area contributed by atoms with Gasteiger partial charge in [-0.3, -0.25) is 4.79 Å². The molecule has 1 N–H and O–H groups in total. The smallest absolute Gasteiger partial charge is 0.246 e. The lowest BCUT2D eigenvalue weighted by Crippen LogP contribution is -2.39. The molecule has 1 aromatic carbocycles. The van der Waals surface area contributed by atoms with Crippen molar-refractivity contribution in [1.82, 2.24) is 5.16 Å². The second-order valence-corrected chi connectivity index (χ2v) is 5.36. The standard InChI is InChI=1S/C15H15N3O4/c1-8-10(9(2)22-17-8)6-18-12-4-14-13(20-7-21-14)3-11(12)16-5-15(18)19/h3-4,16H,5-7H2,1-2H3. The molecule has 7 nitrogen and oxygen atoms in total. The van der Waals surface area contributed by atoms with Gasteiger partial charge in [-0.2, -0.15) is 0 Å². The van der Waals surface area contributed by atoms with E-state index in [4.69, 9.17) is 14.0 Å². The Morgan fingerprint density at radius 2 is 2.05 bits per heavy atom. The highest BCUT2D eigenvalue weighted by molar-refractivity contribution is 6.03. The van der Waals surface area contributed by atoms with Gasteiger partial charge in [0.25, 0.3) is 0 Å². The highest BCUT2D eigenvalue weighted by Gasteiger charge is 2.29. The van der Waals surface area contributed by atoms with Gasteiger partial charge in [0.15, 0.2) is 11.5 Å². The number of aryl methyl sites for hydroxylation is 2. The fraction of sp³-hybridized carbons (Fsp3) is 0.333. The van der Waals surface area contributed by atoms with Crippen molar-refractivity contribution in [3.05, 3.63) is 29.2 Å². The van der Waals surface area contributed by atoms with Crippen molar-refractivity contribution in [3.8, 4) is 11.5 Å². The van der Waals surface area contributed by atoms with Crippen LogP contribution in [-0.4, -0.2) is 24.4 Å². The molecule has 0 aliphatic carbocycles. The first-order valence-electron chi connectivity index (χ1n) is 7.03. The monoisotopic (exact) mass is 301 g/mol. The van der Waals surface area contributed by atoms with E-state index in [1.54, 1.807) is 4.90 Å². The molecule has 22 heavy (non-hydrogen) atoms. The first kappa shape index (κ1) is 13.0. The summed E-state index contributed by atoms with van der Waals surface area (Å²) in [5.74, 6) is 2.06. The predicted octanol–water partition coefficient (Wildman–Crippen LogP) is 1.98. The number of rotatable bonds is 2. The van der Waals surface area contributed by atoms with Crippen molar-refractivity contribution in [1.29, 1.82) is 0 Å². The zero-order valence-corrected chi connectivity index (χ0v) is 12.3. The van der Waals surface area contributed by atoms with E-state index in [9.17, 15) is 4.79 Å². The Hall–Kier alpha value is -2.70. The molecule has 2 aliphatic heterocycles. The molecule has 0 bridgehead atoms. The van der Waals surface area contributed by atoms with E-state index >= 15 is 0 Å². The molecule has 7 heteroatoms. The van der Waals surface area contributed by atoms with Crippen LogP contribution in [0, 0.1) is 13.8 Å². The lowest BCUT2D eigenvalue weighted by molar-refractivity contribution is -0.117. The molecule has 2 aliphatic rings. The van der Waals surface area contributed by atoms with Crippen LogP contribution in [0.15, 0.2) is 16.7 Å². The molecule has 0 fully saturated rings. The number of ether oxygens (including phenoxy) is 2. The molecule has 3 heterocycles. The van der Waals surface area contributed by atoms with Gasteiger partial charge >= 0.3 is 0 Å². The summed E-state index contributed by atoms with van der Waals surface area (Å²) in [5.41, 5.74) is 3.36. The van der Waals surface area contributed by atoms with Gasteiger partial charge in [0.1, 0.15) is 5.76 Å². The average Bonchev–Trinajstić information content (AvgIpc) is 3.08. The first-order valence-corrected chi connectivity index (χ1v) is 7.03. The number of amides is 1. The molecule has 0 spiro atoms. The Bertz CT molecular complexity index is 749. The van der Waals surface area contributed by atoms with Crippen LogP contribution in [-0.2, 0) is 11.3 Å². The topological polar surface area (TPSA) is 76.8 Å². The molecule has 4 rings (SSSR count). The highest BCUT2D eigenvalue weighted by Crippen LogP contribution is 2.43. The van der Waals surface area contributed by atoms with Gasteiger partial charge < -0.3 is 24.2 Å². The summed E-state index contributed by atoms with van der Waals surface area (Å²) < 4.78 is 16.0. The number of benzene rings is 1. The molecule has 1 aromatic heterocycles. The number of carbonyl (C=O) groups is 1. The highest BCUT2D eigenvalue weighted by atomic mass is 16.7. The fourth-order valence-electron chi connectivity index (χ4n) is 2.76. The lowest BCUT2D eigenvalue weighted by Gasteiger charge is -2.30. The van der Waals surface area contributed by atoms with Gasteiger partial charge in [0.05, 0.1) is 30.2 Å². The van der Waals surface area contributed by atoms with E-state index < -0.39 is 0 Å². The summed E-state index contributed by atoms with van der Waals surface area (Å²) >= 11 is 0. The molecular weight excluding hydrogens is 286 g/mol. The average molecular weight is 301 g/mol. The van der Waals surface area contributed by atoms with Gasteiger partial charge in [-0.1, -0.05) is 5.16 Å². The number of hydrogen-bond acceptors (Lipinski definition) is 6. The van der Waals surface area contributed by atoms with Crippen molar-refractivity contribution >= 4 is 17.3 Å². The normalized spacial score (nSPS) is 15.7. The van der Waals surface area contributed by atoms with Crippen LogP contribution < -0.4 is 19.7 Å². The lowest BCUT2D eigenvalue weighted by atomic mass is 10.1. The first-order chi connectivity index (χ1) is 10.6. The SMILES string of the molecule is Cc1noc(C)c1CN1C(=O)CNc2cc3c(cc21)OCO3. The molecule has 0 atom stereocenters. The van der Waals surface area contributed by atoms with Gasteiger partial charge in [-0.15, -0.1) is 0 Å². The Kier molecular flexibility index (Phi) is 2.75. The van der Waals surface area contributed by atoms with Crippen molar-refractivity contribution in [2.45, 2.75) is 20.4 Å². The summed E-state index contributed by atoms with van der Waals surface area (Å²) in [6, 6.07) is 3.70. The Balaban J connectivity index is 1.76. The molecule has 0 saturated carbocycles. The van der Waals surface area contributed by atoms with Crippen LogP contribution in [0.1, 0.15) is 17.0 Å². The minimum atomic E-state index is -0.00800. The van der Waals surface area contributed by atoms with Gasteiger partial charge in [0, 0.05) is 17.7 Å². The quantitative estimate of drug-likeness (QED) is 0.914. The zero-order valence-electron chi connectivity index (χ0n) is 12.3. The molecule has 114 valence electrons. The minimum Gasteiger partial charge on any atom is -0.454 e. The number of aromatic nitrogens is 1. The molecule has 2 aromatic rings. The second-order valence-electron chi connectivity index (χ2n) is 5.36. The van der Waals surface area contributed by atoms with Gasteiger partial charge in [-0.05, 0) is 13.8 Å². The maximum Gasteiger partial charge on any atom is 0.246 e. The van der Waals surface area contributed by atoms with E-state index in [1.165, 1.54) is 0 Å². The van der Waals surface area contributed by atoms with Crippen LogP contribution in [0.5, 0.6) is 11.5 Å². The Morgan fingerprint density at radius 1 is 1.27 bits per heavy atom. The third kappa shape index (κ3) is 1.89. The summed E-state index contributed by atoms with van der Waals surface area (Å²) in [7, 11) is 0. The Morgan fingerprint density at radius 3 is 2.77 bits per heavy atom. The largest absolute Gasteiger partial charge is 0.454 e. The fourth-order valence-corrected chi connectivity index (χ4v) is 2.76. The number of nitrogens with zero attached hydrogens (tertiary/aromatic N) is 2. The number of hydrogen-bond donors (Lipinski definition) is 1.